The second kappa shape index (κ2) is 6.74. The molecule has 0 aromatic carbocycles. The molecule has 1 N–H and O–H groups in total. The zero-order chi connectivity index (χ0) is 14.6. The first-order valence-electron chi connectivity index (χ1n) is 7.45. The summed E-state index contributed by atoms with van der Waals surface area (Å²) in [5.74, 6) is 0. The molecule has 0 aliphatic carbocycles. The maximum absolute atomic E-state index is 11.5. The molecule has 2 saturated heterocycles. The first-order chi connectivity index (χ1) is 9.44. The van der Waals surface area contributed by atoms with Gasteiger partial charge in [-0.25, -0.2) is 4.79 Å². The van der Waals surface area contributed by atoms with E-state index >= 15 is 0 Å². The molecule has 2 rings (SSSR count). The lowest BCUT2D eigenvalue weighted by Gasteiger charge is -2.42. The number of carbonyl (C=O) groups excluding carboxylic acids is 1. The smallest absolute Gasteiger partial charge is 0.407 e. The van der Waals surface area contributed by atoms with Gasteiger partial charge in [0.2, 0.25) is 0 Å². The van der Waals surface area contributed by atoms with Crippen molar-refractivity contribution in [2.75, 3.05) is 52.5 Å². The van der Waals surface area contributed by atoms with Crippen molar-refractivity contribution in [2.45, 2.75) is 32.4 Å². The van der Waals surface area contributed by atoms with Crippen molar-refractivity contribution < 1.29 is 14.3 Å². The van der Waals surface area contributed by atoms with Crippen molar-refractivity contribution in [3.63, 3.8) is 0 Å². The maximum Gasteiger partial charge on any atom is 0.407 e. The predicted molar refractivity (Wildman–Crippen MR) is 76.9 cm³/mol. The second-order valence-corrected chi connectivity index (χ2v) is 6.50. The number of nitrogens with zero attached hydrogens (tertiary/aromatic N) is 2. The standard InChI is InChI=1S/C14H27N3O3/c1-14(2,3)20-13(18)15-4-5-16-6-8-17(9-7-16)12-10-19-11-12/h12H,4-11H2,1-3H3,(H,15,18). The number of hydrogen-bond acceptors (Lipinski definition) is 5. The third-order valence-corrected chi connectivity index (χ3v) is 3.64. The summed E-state index contributed by atoms with van der Waals surface area (Å²) in [5.41, 5.74) is -0.430. The summed E-state index contributed by atoms with van der Waals surface area (Å²) in [6.07, 6.45) is -0.331. The van der Waals surface area contributed by atoms with Crippen molar-refractivity contribution in [1.82, 2.24) is 15.1 Å². The Morgan fingerprint density at radius 3 is 2.40 bits per heavy atom. The van der Waals surface area contributed by atoms with Crippen molar-refractivity contribution in [3.8, 4) is 0 Å². The van der Waals surface area contributed by atoms with E-state index in [1.165, 1.54) is 0 Å². The van der Waals surface area contributed by atoms with E-state index in [9.17, 15) is 4.79 Å². The highest BCUT2D eigenvalue weighted by Crippen LogP contribution is 2.13. The Morgan fingerprint density at radius 1 is 1.25 bits per heavy atom. The molecule has 1 amide bonds. The van der Waals surface area contributed by atoms with E-state index < -0.39 is 5.60 Å². The molecule has 116 valence electrons. The van der Waals surface area contributed by atoms with Gasteiger partial charge in [-0.2, -0.15) is 0 Å². The zero-order valence-corrected chi connectivity index (χ0v) is 12.9. The van der Waals surface area contributed by atoms with Gasteiger partial charge in [0, 0.05) is 39.3 Å². The third kappa shape index (κ3) is 4.92. The summed E-state index contributed by atoms with van der Waals surface area (Å²) in [5, 5.41) is 2.81. The SMILES string of the molecule is CC(C)(C)OC(=O)NCCN1CCN(C2COC2)CC1. The summed E-state index contributed by atoms with van der Waals surface area (Å²) >= 11 is 0. The number of alkyl carbamates (subject to hydrolysis) is 1. The van der Waals surface area contributed by atoms with E-state index in [-0.39, 0.29) is 6.09 Å². The van der Waals surface area contributed by atoms with Gasteiger partial charge in [0.25, 0.3) is 0 Å². The van der Waals surface area contributed by atoms with E-state index in [1.54, 1.807) is 0 Å². The minimum Gasteiger partial charge on any atom is -0.444 e. The van der Waals surface area contributed by atoms with Crippen molar-refractivity contribution in [2.24, 2.45) is 0 Å². The van der Waals surface area contributed by atoms with Crippen LogP contribution in [-0.2, 0) is 9.47 Å². The van der Waals surface area contributed by atoms with Gasteiger partial charge in [-0.1, -0.05) is 0 Å². The molecule has 0 radical (unpaired) electrons. The highest BCUT2D eigenvalue weighted by molar-refractivity contribution is 5.67. The van der Waals surface area contributed by atoms with Crippen molar-refractivity contribution in [3.05, 3.63) is 0 Å². The Kier molecular flexibility index (Phi) is 5.23. The lowest BCUT2D eigenvalue weighted by molar-refractivity contribution is -0.0767. The first-order valence-corrected chi connectivity index (χ1v) is 7.45. The number of ether oxygens (including phenoxy) is 2. The average molecular weight is 285 g/mol. The fourth-order valence-electron chi connectivity index (χ4n) is 2.42. The lowest BCUT2D eigenvalue weighted by Crippen LogP contribution is -2.57. The van der Waals surface area contributed by atoms with Crippen LogP contribution >= 0.6 is 0 Å². The Hall–Kier alpha value is -0.850. The van der Waals surface area contributed by atoms with E-state index in [0.29, 0.717) is 12.6 Å². The molecule has 2 aliphatic heterocycles. The lowest BCUT2D eigenvalue weighted by atomic mass is 10.2. The van der Waals surface area contributed by atoms with Gasteiger partial charge in [0.15, 0.2) is 0 Å². The van der Waals surface area contributed by atoms with Gasteiger partial charge in [-0.3, -0.25) is 9.80 Å². The summed E-state index contributed by atoms with van der Waals surface area (Å²) in [6.45, 7) is 13.2. The largest absolute Gasteiger partial charge is 0.444 e. The fourth-order valence-corrected chi connectivity index (χ4v) is 2.42. The van der Waals surface area contributed by atoms with Gasteiger partial charge < -0.3 is 14.8 Å². The van der Waals surface area contributed by atoms with E-state index in [2.05, 4.69) is 15.1 Å². The van der Waals surface area contributed by atoms with Gasteiger partial charge in [-0.05, 0) is 20.8 Å². The molecule has 0 spiro atoms. The molecule has 2 aliphatic rings. The van der Waals surface area contributed by atoms with E-state index in [0.717, 1.165) is 45.9 Å². The Labute approximate surface area is 121 Å². The van der Waals surface area contributed by atoms with E-state index in [4.69, 9.17) is 9.47 Å². The third-order valence-electron chi connectivity index (χ3n) is 3.64. The van der Waals surface area contributed by atoms with Crippen LogP contribution in [0.25, 0.3) is 0 Å². The normalized spacial score (nSPS) is 22.4. The highest BCUT2D eigenvalue weighted by atomic mass is 16.6. The second-order valence-electron chi connectivity index (χ2n) is 6.50. The maximum atomic E-state index is 11.5. The van der Waals surface area contributed by atoms with Crippen LogP contribution in [0.3, 0.4) is 0 Å². The fraction of sp³-hybridized carbons (Fsp3) is 0.929. The number of hydrogen-bond donors (Lipinski definition) is 1. The molecule has 0 aromatic rings. The molecular weight excluding hydrogens is 258 g/mol. The van der Waals surface area contributed by atoms with Crippen molar-refractivity contribution in [1.29, 1.82) is 0 Å². The van der Waals surface area contributed by atoms with Crippen molar-refractivity contribution >= 4 is 6.09 Å². The molecule has 0 unspecified atom stereocenters. The summed E-state index contributed by atoms with van der Waals surface area (Å²) in [7, 11) is 0. The quantitative estimate of drug-likeness (QED) is 0.816. The number of rotatable bonds is 4. The minimum atomic E-state index is -0.430. The highest BCUT2D eigenvalue weighted by Gasteiger charge is 2.28. The summed E-state index contributed by atoms with van der Waals surface area (Å²) in [4.78, 5) is 16.4. The Morgan fingerprint density at radius 2 is 1.90 bits per heavy atom. The topological polar surface area (TPSA) is 54.0 Å². The van der Waals surface area contributed by atoms with Gasteiger partial charge in [0.1, 0.15) is 5.60 Å². The molecule has 6 nitrogen and oxygen atoms in total. The monoisotopic (exact) mass is 285 g/mol. The van der Waals surface area contributed by atoms with Crippen LogP contribution in [0.1, 0.15) is 20.8 Å². The van der Waals surface area contributed by atoms with Gasteiger partial charge >= 0.3 is 6.09 Å². The first kappa shape index (κ1) is 15.5. The number of amides is 1. The van der Waals surface area contributed by atoms with Crippen LogP contribution in [0.15, 0.2) is 0 Å². The zero-order valence-electron chi connectivity index (χ0n) is 12.9. The van der Waals surface area contributed by atoms with Crippen LogP contribution in [0.4, 0.5) is 4.79 Å². The predicted octanol–water partition coefficient (Wildman–Crippen LogP) is 0.528. The van der Waals surface area contributed by atoms with Gasteiger partial charge in [0.05, 0.1) is 19.3 Å². The molecule has 2 fully saturated rings. The number of carbonyl (C=O) groups is 1. The Balaban J connectivity index is 1.55. The molecule has 0 bridgehead atoms. The average Bonchev–Trinajstić information content (AvgIpc) is 2.26. The van der Waals surface area contributed by atoms with Crippen LogP contribution < -0.4 is 5.32 Å². The molecule has 2 heterocycles. The number of nitrogens with one attached hydrogen (secondary N) is 1. The van der Waals surface area contributed by atoms with Gasteiger partial charge in [-0.15, -0.1) is 0 Å². The molecule has 0 saturated carbocycles. The Bertz CT molecular complexity index is 318. The molecule has 20 heavy (non-hydrogen) atoms. The van der Waals surface area contributed by atoms with Crippen LogP contribution in [0.5, 0.6) is 0 Å². The molecule has 0 aromatic heterocycles. The number of piperazine rings is 1. The van der Waals surface area contributed by atoms with Crippen LogP contribution in [0, 0.1) is 0 Å². The molecular formula is C14H27N3O3. The molecule has 0 atom stereocenters. The summed E-state index contributed by atoms with van der Waals surface area (Å²) in [6, 6.07) is 0.636. The minimum absolute atomic E-state index is 0.331. The van der Waals surface area contributed by atoms with E-state index in [1.807, 2.05) is 20.8 Å². The summed E-state index contributed by atoms with van der Waals surface area (Å²) < 4.78 is 10.4. The molecule has 6 heteroatoms. The van der Waals surface area contributed by atoms with Crippen LogP contribution in [-0.4, -0.2) is 80.0 Å². The van der Waals surface area contributed by atoms with Crippen LogP contribution in [0.2, 0.25) is 0 Å².